The second-order valence-electron chi connectivity index (χ2n) is 9.63. The van der Waals surface area contributed by atoms with Crippen LogP contribution >= 0.6 is 23.2 Å². The summed E-state index contributed by atoms with van der Waals surface area (Å²) >= 11 is 12.6. The monoisotopic (exact) mass is 509 g/mol. The molecule has 10 heteroatoms. The van der Waals surface area contributed by atoms with E-state index in [9.17, 15) is 4.79 Å². The summed E-state index contributed by atoms with van der Waals surface area (Å²) < 4.78 is 1.12. The first kappa shape index (κ1) is 23.5. The lowest BCUT2D eigenvalue weighted by atomic mass is 9.86. The van der Waals surface area contributed by atoms with Gasteiger partial charge < -0.3 is 10.2 Å². The SMILES string of the molecule is CN(C)C1CC(C)(C)c2ccc(Nc3ncc4c(=N)n(-c5c(Cl)cccc5Cl)c(=O)[nH]c4n3)cc21. The summed E-state index contributed by atoms with van der Waals surface area (Å²) in [6, 6.07) is 11.5. The number of nitrogens with zero attached hydrogens (tertiary/aromatic N) is 4. The molecule has 2 aromatic heterocycles. The van der Waals surface area contributed by atoms with Gasteiger partial charge in [0, 0.05) is 17.9 Å². The minimum Gasteiger partial charge on any atom is -0.324 e. The molecular weight excluding hydrogens is 485 g/mol. The molecule has 1 unspecified atom stereocenters. The maximum atomic E-state index is 12.9. The van der Waals surface area contributed by atoms with E-state index in [2.05, 4.69) is 65.2 Å². The predicted molar refractivity (Wildman–Crippen MR) is 139 cm³/mol. The van der Waals surface area contributed by atoms with Gasteiger partial charge in [0.15, 0.2) is 5.65 Å². The van der Waals surface area contributed by atoms with Crippen molar-refractivity contribution in [1.29, 1.82) is 5.41 Å². The van der Waals surface area contributed by atoms with E-state index in [1.807, 2.05) is 6.07 Å². The number of hydrogen-bond donors (Lipinski definition) is 3. The van der Waals surface area contributed by atoms with Crippen molar-refractivity contribution in [3.8, 4) is 5.69 Å². The van der Waals surface area contributed by atoms with Gasteiger partial charge in [0.1, 0.15) is 5.49 Å². The van der Waals surface area contributed by atoms with Crippen LogP contribution in [0.4, 0.5) is 11.6 Å². The van der Waals surface area contributed by atoms with Gasteiger partial charge in [-0.05, 0) is 61.3 Å². The van der Waals surface area contributed by atoms with Crippen molar-refractivity contribution < 1.29 is 0 Å². The standard InChI is InChI=1S/C25H25Cl2N7O/c1-25(2)11-19(33(3)4)14-10-13(8-9-16(14)25)30-23-29-12-15-21(28)34(24(35)32-22(15)31-23)20-17(26)6-5-7-18(20)27/h5-10,12,19,28H,11H2,1-4H3,(H2,29,30,31,32,35). The largest absolute Gasteiger partial charge is 0.333 e. The lowest BCUT2D eigenvalue weighted by Crippen LogP contribution is -2.34. The van der Waals surface area contributed by atoms with E-state index in [0.29, 0.717) is 17.4 Å². The van der Waals surface area contributed by atoms with Gasteiger partial charge in [-0.1, -0.05) is 49.2 Å². The molecule has 0 spiro atoms. The number of nitrogens with one attached hydrogen (secondary N) is 3. The molecule has 0 fully saturated rings. The minimum atomic E-state index is -0.573. The molecule has 0 saturated heterocycles. The second-order valence-corrected chi connectivity index (χ2v) is 10.4. The van der Waals surface area contributed by atoms with Crippen LogP contribution in [0.1, 0.15) is 37.4 Å². The normalized spacial score (nSPS) is 16.6. The van der Waals surface area contributed by atoms with Crippen molar-refractivity contribution in [2.45, 2.75) is 31.7 Å². The van der Waals surface area contributed by atoms with E-state index in [1.54, 1.807) is 18.2 Å². The Bertz CT molecular complexity index is 1570. The Labute approximate surface area is 212 Å². The molecular formula is C25H25Cl2N7O. The Morgan fingerprint density at radius 3 is 2.60 bits per heavy atom. The highest BCUT2D eigenvalue weighted by Crippen LogP contribution is 2.47. The lowest BCUT2D eigenvalue weighted by Gasteiger charge is -2.22. The van der Waals surface area contributed by atoms with Gasteiger partial charge in [-0.25, -0.2) is 14.3 Å². The number of aromatic nitrogens is 4. The maximum Gasteiger partial charge on any atom is 0.333 e. The first-order chi connectivity index (χ1) is 16.6. The molecule has 180 valence electrons. The number of hydrogen-bond acceptors (Lipinski definition) is 6. The van der Waals surface area contributed by atoms with E-state index >= 15 is 0 Å². The van der Waals surface area contributed by atoms with Gasteiger partial charge in [0.2, 0.25) is 5.95 Å². The predicted octanol–water partition coefficient (Wildman–Crippen LogP) is 4.92. The number of halogens is 2. The summed E-state index contributed by atoms with van der Waals surface area (Å²) in [4.78, 5) is 26.7. The van der Waals surface area contributed by atoms with Crippen LogP contribution in [-0.4, -0.2) is 38.5 Å². The van der Waals surface area contributed by atoms with Crippen molar-refractivity contribution in [2.75, 3.05) is 19.4 Å². The minimum absolute atomic E-state index is 0.103. The fourth-order valence-corrected chi connectivity index (χ4v) is 5.40. The molecule has 1 atom stereocenters. The molecule has 5 rings (SSSR count). The van der Waals surface area contributed by atoms with Crippen molar-refractivity contribution in [3.63, 3.8) is 0 Å². The van der Waals surface area contributed by atoms with Gasteiger partial charge in [-0.15, -0.1) is 0 Å². The molecule has 0 bridgehead atoms. The Hall–Kier alpha value is -3.20. The molecule has 1 aliphatic carbocycles. The van der Waals surface area contributed by atoms with Gasteiger partial charge in [-0.3, -0.25) is 10.4 Å². The van der Waals surface area contributed by atoms with Gasteiger partial charge in [0.25, 0.3) is 0 Å². The average Bonchev–Trinajstić information content (AvgIpc) is 3.06. The van der Waals surface area contributed by atoms with Gasteiger partial charge >= 0.3 is 5.69 Å². The molecule has 3 N–H and O–H groups in total. The fraction of sp³-hybridized carbons (Fsp3) is 0.280. The second kappa shape index (κ2) is 8.48. The van der Waals surface area contributed by atoms with Crippen LogP contribution in [-0.2, 0) is 5.41 Å². The van der Waals surface area contributed by atoms with Crippen LogP contribution in [0.2, 0.25) is 10.0 Å². The van der Waals surface area contributed by atoms with E-state index in [0.717, 1.165) is 16.7 Å². The number of rotatable bonds is 4. The molecule has 8 nitrogen and oxygen atoms in total. The van der Waals surface area contributed by atoms with Crippen LogP contribution in [0.15, 0.2) is 47.4 Å². The summed E-state index contributed by atoms with van der Waals surface area (Å²) in [5.74, 6) is 0.319. The van der Waals surface area contributed by atoms with E-state index in [-0.39, 0.29) is 32.3 Å². The maximum absolute atomic E-state index is 12.9. The summed E-state index contributed by atoms with van der Waals surface area (Å²) in [6.07, 6.45) is 2.55. The topological polar surface area (TPSA) is 103 Å². The van der Waals surface area contributed by atoms with Crippen molar-refractivity contribution in [3.05, 3.63) is 79.7 Å². The quantitative estimate of drug-likeness (QED) is 0.362. The summed E-state index contributed by atoms with van der Waals surface area (Å²) in [5, 5.41) is 12.7. The summed E-state index contributed by atoms with van der Waals surface area (Å²) in [5.41, 5.74) is 3.38. The third-order valence-electron chi connectivity index (χ3n) is 6.58. The fourth-order valence-electron chi connectivity index (χ4n) is 4.83. The van der Waals surface area contributed by atoms with E-state index in [1.165, 1.54) is 17.3 Å². The number of fused-ring (bicyclic) bond motifs is 2. The lowest BCUT2D eigenvalue weighted by molar-refractivity contribution is 0.269. The Morgan fingerprint density at radius 1 is 1.20 bits per heavy atom. The van der Waals surface area contributed by atoms with Crippen LogP contribution < -0.4 is 16.5 Å². The molecule has 1 aliphatic rings. The Morgan fingerprint density at radius 2 is 1.91 bits per heavy atom. The van der Waals surface area contributed by atoms with Crippen LogP contribution in [0.25, 0.3) is 16.7 Å². The van der Waals surface area contributed by atoms with Crippen LogP contribution in [0.3, 0.4) is 0 Å². The molecule has 4 aromatic rings. The number of anilines is 2. The number of aromatic amines is 1. The third-order valence-corrected chi connectivity index (χ3v) is 7.19. The Balaban J connectivity index is 1.54. The third kappa shape index (κ3) is 4.01. The van der Waals surface area contributed by atoms with Gasteiger partial charge in [0.05, 0.1) is 21.1 Å². The van der Waals surface area contributed by atoms with Crippen molar-refractivity contribution >= 4 is 45.9 Å². The highest BCUT2D eigenvalue weighted by molar-refractivity contribution is 6.37. The zero-order chi connectivity index (χ0) is 25.1. The molecule has 2 heterocycles. The van der Waals surface area contributed by atoms with E-state index in [4.69, 9.17) is 28.6 Å². The van der Waals surface area contributed by atoms with Gasteiger partial charge in [-0.2, -0.15) is 4.98 Å². The highest BCUT2D eigenvalue weighted by atomic mass is 35.5. The number of H-pyrrole nitrogens is 1. The zero-order valence-corrected chi connectivity index (χ0v) is 21.3. The zero-order valence-electron chi connectivity index (χ0n) is 19.8. The smallest absolute Gasteiger partial charge is 0.324 e. The van der Waals surface area contributed by atoms with Crippen LogP contribution in [0.5, 0.6) is 0 Å². The molecule has 0 aliphatic heterocycles. The number of para-hydroxylation sites is 1. The highest BCUT2D eigenvalue weighted by Gasteiger charge is 2.37. The first-order valence-electron chi connectivity index (χ1n) is 11.2. The van der Waals surface area contributed by atoms with E-state index < -0.39 is 5.69 Å². The molecule has 35 heavy (non-hydrogen) atoms. The average molecular weight is 510 g/mol. The molecule has 2 aromatic carbocycles. The van der Waals surface area contributed by atoms with Crippen molar-refractivity contribution in [1.82, 2.24) is 24.4 Å². The van der Waals surface area contributed by atoms with Crippen molar-refractivity contribution in [2.24, 2.45) is 0 Å². The van der Waals surface area contributed by atoms with Crippen LogP contribution in [0, 0.1) is 5.41 Å². The first-order valence-corrected chi connectivity index (χ1v) is 11.9. The molecule has 0 amide bonds. The molecule has 0 radical (unpaired) electrons. The summed E-state index contributed by atoms with van der Waals surface area (Å²) in [6.45, 7) is 4.54. The number of benzene rings is 2. The molecule has 0 saturated carbocycles. The summed E-state index contributed by atoms with van der Waals surface area (Å²) in [7, 11) is 4.19. The Kier molecular flexibility index (Phi) is 5.70.